The van der Waals surface area contributed by atoms with Crippen LogP contribution < -0.4 is 11.3 Å². The number of fused-ring (bicyclic) bond motifs is 1. The van der Waals surface area contributed by atoms with Crippen molar-refractivity contribution in [3.8, 4) is 0 Å². The number of anilines is 1. The van der Waals surface area contributed by atoms with E-state index in [9.17, 15) is 8.78 Å². The fourth-order valence-corrected chi connectivity index (χ4v) is 1.62. The minimum absolute atomic E-state index is 0.00912. The number of hydrogen-bond donors (Lipinski definition) is 2. The van der Waals surface area contributed by atoms with Gasteiger partial charge in [0.05, 0.1) is 0 Å². The molecule has 0 aliphatic rings. The number of nitrogens with zero attached hydrogens (tertiary/aromatic N) is 1. The quantitative estimate of drug-likeness (QED) is 0.607. The molecule has 0 aliphatic heterocycles. The van der Waals surface area contributed by atoms with Crippen LogP contribution in [0, 0.1) is 11.6 Å². The third-order valence-electron chi connectivity index (χ3n) is 2.48. The lowest BCUT2D eigenvalue weighted by molar-refractivity contribution is 0.515. The Morgan fingerprint density at radius 3 is 2.75 bits per heavy atom. The van der Waals surface area contributed by atoms with Crippen LogP contribution >= 0.6 is 0 Å². The summed E-state index contributed by atoms with van der Waals surface area (Å²) in [5, 5.41) is 0.565. The van der Waals surface area contributed by atoms with Crippen molar-refractivity contribution in [1.82, 2.24) is 4.98 Å². The molecule has 2 aromatic rings. The summed E-state index contributed by atoms with van der Waals surface area (Å²) in [6, 6.07) is 4.34. The summed E-state index contributed by atoms with van der Waals surface area (Å²) in [5.41, 5.74) is 3.24. The molecule has 16 heavy (non-hydrogen) atoms. The molecule has 1 heterocycles. The minimum Gasteiger partial charge on any atom is -0.308 e. The van der Waals surface area contributed by atoms with Crippen molar-refractivity contribution in [3.05, 3.63) is 35.4 Å². The van der Waals surface area contributed by atoms with Crippen LogP contribution in [-0.2, 0) is 6.42 Å². The van der Waals surface area contributed by atoms with E-state index < -0.39 is 11.6 Å². The summed E-state index contributed by atoms with van der Waals surface area (Å²) < 4.78 is 26.4. The number of nitrogens with one attached hydrogen (secondary N) is 1. The van der Waals surface area contributed by atoms with Crippen molar-refractivity contribution >= 4 is 16.7 Å². The highest BCUT2D eigenvalue weighted by Gasteiger charge is 2.11. The average molecular weight is 223 g/mol. The second-order valence-electron chi connectivity index (χ2n) is 3.43. The third kappa shape index (κ3) is 1.59. The zero-order valence-corrected chi connectivity index (χ0v) is 8.72. The van der Waals surface area contributed by atoms with E-state index in [1.807, 2.05) is 6.92 Å². The van der Waals surface area contributed by atoms with E-state index in [-0.39, 0.29) is 5.52 Å². The maximum atomic E-state index is 13.4. The smallest absolute Gasteiger partial charge is 0.185 e. The highest BCUT2D eigenvalue weighted by molar-refractivity contribution is 5.82. The van der Waals surface area contributed by atoms with Gasteiger partial charge in [-0.15, -0.1) is 0 Å². The molecule has 0 spiro atoms. The van der Waals surface area contributed by atoms with E-state index in [1.54, 1.807) is 6.07 Å². The van der Waals surface area contributed by atoms with Crippen molar-refractivity contribution in [2.24, 2.45) is 5.84 Å². The van der Waals surface area contributed by atoms with Gasteiger partial charge in [0.15, 0.2) is 11.6 Å². The summed E-state index contributed by atoms with van der Waals surface area (Å²) >= 11 is 0. The zero-order chi connectivity index (χ0) is 11.7. The Balaban J connectivity index is 2.78. The molecule has 0 radical (unpaired) electrons. The van der Waals surface area contributed by atoms with Crippen molar-refractivity contribution in [2.45, 2.75) is 13.3 Å². The lowest BCUT2D eigenvalue weighted by atomic mass is 10.1. The lowest BCUT2D eigenvalue weighted by Crippen LogP contribution is -2.11. The fraction of sp³-hybridized carbons (Fsp3) is 0.182. The lowest BCUT2D eigenvalue weighted by Gasteiger charge is -2.08. The number of halogens is 2. The molecular weight excluding hydrogens is 212 g/mol. The van der Waals surface area contributed by atoms with E-state index in [4.69, 9.17) is 5.84 Å². The summed E-state index contributed by atoms with van der Waals surface area (Å²) in [7, 11) is 0. The molecule has 5 heteroatoms. The molecule has 2 rings (SSSR count). The predicted octanol–water partition coefficient (Wildman–Crippen LogP) is 2.36. The van der Waals surface area contributed by atoms with Crippen LogP contribution in [0.5, 0.6) is 0 Å². The highest BCUT2D eigenvalue weighted by atomic mass is 19.2. The van der Waals surface area contributed by atoms with Gasteiger partial charge in [0, 0.05) is 5.39 Å². The zero-order valence-electron chi connectivity index (χ0n) is 8.72. The van der Waals surface area contributed by atoms with Crippen molar-refractivity contribution in [1.29, 1.82) is 0 Å². The Labute approximate surface area is 91.3 Å². The summed E-state index contributed by atoms with van der Waals surface area (Å²) in [5.74, 6) is 3.79. The first-order valence-electron chi connectivity index (χ1n) is 4.91. The van der Waals surface area contributed by atoms with Gasteiger partial charge in [0.25, 0.3) is 0 Å². The van der Waals surface area contributed by atoms with Gasteiger partial charge in [-0.1, -0.05) is 6.92 Å². The van der Waals surface area contributed by atoms with Gasteiger partial charge in [0.1, 0.15) is 11.3 Å². The minimum atomic E-state index is -0.948. The van der Waals surface area contributed by atoms with Gasteiger partial charge in [-0.3, -0.25) is 0 Å². The van der Waals surface area contributed by atoms with E-state index in [2.05, 4.69) is 10.4 Å². The molecule has 3 nitrogen and oxygen atoms in total. The highest BCUT2D eigenvalue weighted by Crippen LogP contribution is 2.23. The van der Waals surface area contributed by atoms with Crippen LogP contribution in [0.25, 0.3) is 10.9 Å². The SMILES string of the molecule is CCc1cc2ccc(F)c(F)c2nc1NN. The summed E-state index contributed by atoms with van der Waals surface area (Å²) in [6.07, 6.45) is 0.710. The molecule has 1 aromatic heterocycles. The van der Waals surface area contributed by atoms with E-state index in [1.165, 1.54) is 6.07 Å². The van der Waals surface area contributed by atoms with Crippen LogP contribution in [0.1, 0.15) is 12.5 Å². The average Bonchev–Trinajstić information content (AvgIpc) is 2.32. The molecule has 0 fully saturated rings. The summed E-state index contributed by atoms with van der Waals surface area (Å²) in [6.45, 7) is 1.93. The van der Waals surface area contributed by atoms with Crippen LogP contribution in [0.15, 0.2) is 18.2 Å². The van der Waals surface area contributed by atoms with Crippen LogP contribution in [0.3, 0.4) is 0 Å². The number of hydrogen-bond acceptors (Lipinski definition) is 3. The molecular formula is C11H11F2N3. The van der Waals surface area contributed by atoms with Crippen molar-refractivity contribution in [3.63, 3.8) is 0 Å². The number of nitrogens with two attached hydrogens (primary N) is 1. The molecule has 0 amide bonds. The number of aromatic nitrogens is 1. The van der Waals surface area contributed by atoms with Crippen molar-refractivity contribution < 1.29 is 8.78 Å². The first kappa shape index (κ1) is 10.8. The monoisotopic (exact) mass is 223 g/mol. The Morgan fingerprint density at radius 2 is 2.12 bits per heavy atom. The van der Waals surface area contributed by atoms with Gasteiger partial charge in [-0.25, -0.2) is 19.6 Å². The van der Waals surface area contributed by atoms with Crippen molar-refractivity contribution in [2.75, 3.05) is 5.43 Å². The second kappa shape index (κ2) is 4.02. The Morgan fingerprint density at radius 1 is 1.38 bits per heavy atom. The first-order chi connectivity index (χ1) is 7.67. The van der Waals surface area contributed by atoms with Crippen LogP contribution in [-0.4, -0.2) is 4.98 Å². The molecule has 1 aromatic carbocycles. The number of aryl methyl sites for hydroxylation is 1. The maximum absolute atomic E-state index is 13.4. The fourth-order valence-electron chi connectivity index (χ4n) is 1.62. The number of hydrazine groups is 1. The van der Waals surface area contributed by atoms with Gasteiger partial charge < -0.3 is 5.43 Å². The van der Waals surface area contributed by atoms with Gasteiger partial charge in [0.2, 0.25) is 0 Å². The Kier molecular flexibility index (Phi) is 2.70. The molecule has 0 aliphatic carbocycles. The molecule has 0 saturated heterocycles. The van der Waals surface area contributed by atoms with E-state index >= 15 is 0 Å². The number of rotatable bonds is 2. The summed E-state index contributed by atoms with van der Waals surface area (Å²) in [4.78, 5) is 3.97. The topological polar surface area (TPSA) is 50.9 Å². The number of nitrogen functional groups attached to an aromatic ring is 1. The molecule has 0 atom stereocenters. The molecule has 84 valence electrons. The normalized spacial score (nSPS) is 10.8. The number of benzene rings is 1. The third-order valence-corrected chi connectivity index (χ3v) is 2.48. The second-order valence-corrected chi connectivity index (χ2v) is 3.43. The van der Waals surface area contributed by atoms with Crippen LogP contribution in [0.2, 0.25) is 0 Å². The number of pyridine rings is 1. The van der Waals surface area contributed by atoms with E-state index in [0.717, 1.165) is 11.6 Å². The van der Waals surface area contributed by atoms with Gasteiger partial charge in [-0.2, -0.15) is 0 Å². The molecule has 0 unspecified atom stereocenters. The molecule has 3 N–H and O–H groups in total. The Hall–Kier alpha value is -1.75. The van der Waals surface area contributed by atoms with Crippen LogP contribution in [0.4, 0.5) is 14.6 Å². The van der Waals surface area contributed by atoms with Gasteiger partial charge >= 0.3 is 0 Å². The predicted molar refractivity (Wildman–Crippen MR) is 58.8 cm³/mol. The first-order valence-corrected chi connectivity index (χ1v) is 4.91. The molecule has 0 saturated carbocycles. The maximum Gasteiger partial charge on any atom is 0.185 e. The molecule has 0 bridgehead atoms. The largest absolute Gasteiger partial charge is 0.308 e. The Bertz CT molecular complexity index is 540. The van der Waals surface area contributed by atoms with Gasteiger partial charge in [-0.05, 0) is 30.2 Å². The van der Waals surface area contributed by atoms with E-state index in [0.29, 0.717) is 17.6 Å². The standard InChI is InChI=1S/C11H11F2N3/c1-2-6-5-7-3-4-8(12)9(13)10(7)15-11(6)16-14/h3-5H,2,14H2,1H3,(H,15,16).